The molecule has 2 atom stereocenters. The van der Waals surface area contributed by atoms with Gasteiger partial charge in [-0.1, -0.05) is 6.42 Å². The maximum atomic E-state index is 11.5. The van der Waals surface area contributed by atoms with E-state index in [1.807, 2.05) is 0 Å². The van der Waals surface area contributed by atoms with Gasteiger partial charge in [-0.15, -0.1) is 0 Å². The summed E-state index contributed by atoms with van der Waals surface area (Å²) in [5, 5.41) is 12.6. The molecule has 0 saturated heterocycles. The Balaban J connectivity index is 2.46. The van der Waals surface area contributed by atoms with Crippen molar-refractivity contribution < 1.29 is 13.5 Å². The normalized spacial score (nSPS) is 28.0. The number of rotatable bonds is 4. The molecule has 4 nitrogen and oxygen atoms in total. The lowest BCUT2D eigenvalue weighted by Crippen LogP contribution is -2.44. The molecule has 16 heavy (non-hydrogen) atoms. The third-order valence-electron chi connectivity index (χ3n) is 3.05. The summed E-state index contributed by atoms with van der Waals surface area (Å²) in [5.41, 5.74) is -0.738. The second-order valence-corrected chi connectivity index (χ2v) is 7.83. The van der Waals surface area contributed by atoms with Crippen LogP contribution in [-0.4, -0.2) is 43.2 Å². The zero-order valence-electron chi connectivity index (χ0n) is 10.4. The Bertz CT molecular complexity index is 319. The predicted molar refractivity (Wildman–Crippen MR) is 65.2 cm³/mol. The molecular formula is C11H23NO3S. The number of nitrogens with one attached hydrogen (secondary N) is 1. The van der Waals surface area contributed by atoms with E-state index in [0.717, 1.165) is 19.3 Å². The van der Waals surface area contributed by atoms with Crippen molar-refractivity contribution >= 4 is 9.84 Å². The molecule has 0 aliphatic heterocycles. The van der Waals surface area contributed by atoms with Gasteiger partial charge in [-0.3, -0.25) is 0 Å². The first-order chi connectivity index (χ1) is 7.18. The van der Waals surface area contributed by atoms with E-state index in [4.69, 9.17) is 0 Å². The van der Waals surface area contributed by atoms with E-state index in [0.29, 0.717) is 13.0 Å². The minimum absolute atomic E-state index is 0.208. The molecule has 0 aromatic carbocycles. The van der Waals surface area contributed by atoms with Crippen LogP contribution >= 0.6 is 0 Å². The Morgan fingerprint density at radius 3 is 2.50 bits per heavy atom. The van der Waals surface area contributed by atoms with E-state index in [9.17, 15) is 13.5 Å². The van der Waals surface area contributed by atoms with Crippen molar-refractivity contribution in [2.75, 3.05) is 12.8 Å². The van der Waals surface area contributed by atoms with Crippen LogP contribution in [0, 0.1) is 0 Å². The standard InChI is InChI=1S/C11H23NO3S/c1-11(2,13)8-12-9-5-4-6-10(7-9)16(3,14)15/h9-10,12-13H,4-8H2,1-3H3. The highest BCUT2D eigenvalue weighted by atomic mass is 32.2. The molecule has 96 valence electrons. The summed E-state index contributed by atoms with van der Waals surface area (Å²) in [6.07, 6.45) is 4.72. The Labute approximate surface area is 98.4 Å². The van der Waals surface area contributed by atoms with Crippen LogP contribution in [0.2, 0.25) is 0 Å². The van der Waals surface area contributed by atoms with Gasteiger partial charge in [-0.2, -0.15) is 0 Å². The SMILES string of the molecule is CC(C)(O)CNC1CCCC(S(C)(=O)=O)C1. The summed E-state index contributed by atoms with van der Waals surface area (Å²) in [6, 6.07) is 0.222. The van der Waals surface area contributed by atoms with E-state index in [2.05, 4.69) is 5.32 Å². The molecule has 0 bridgehead atoms. The van der Waals surface area contributed by atoms with Crippen LogP contribution in [0.25, 0.3) is 0 Å². The molecular weight excluding hydrogens is 226 g/mol. The van der Waals surface area contributed by atoms with Gasteiger partial charge >= 0.3 is 0 Å². The van der Waals surface area contributed by atoms with Gasteiger partial charge in [0.05, 0.1) is 10.9 Å². The second-order valence-electron chi connectivity index (χ2n) is 5.51. The molecule has 1 fully saturated rings. The lowest BCUT2D eigenvalue weighted by atomic mass is 9.94. The number of aliphatic hydroxyl groups is 1. The first-order valence-corrected chi connectivity index (χ1v) is 7.78. The van der Waals surface area contributed by atoms with Gasteiger partial charge in [0.2, 0.25) is 0 Å². The predicted octanol–water partition coefficient (Wildman–Crippen LogP) is 0.703. The van der Waals surface area contributed by atoms with Crippen LogP contribution in [0.1, 0.15) is 39.5 Å². The molecule has 0 heterocycles. The summed E-state index contributed by atoms with van der Waals surface area (Å²) in [6.45, 7) is 4.00. The summed E-state index contributed by atoms with van der Waals surface area (Å²) >= 11 is 0. The van der Waals surface area contributed by atoms with Gasteiger partial charge < -0.3 is 10.4 Å². The van der Waals surface area contributed by atoms with Gasteiger partial charge in [-0.05, 0) is 33.1 Å². The van der Waals surface area contributed by atoms with Crippen LogP contribution in [0.5, 0.6) is 0 Å². The van der Waals surface area contributed by atoms with Gasteiger partial charge in [-0.25, -0.2) is 8.42 Å². The zero-order valence-corrected chi connectivity index (χ0v) is 11.2. The lowest BCUT2D eigenvalue weighted by Gasteiger charge is -2.30. The maximum Gasteiger partial charge on any atom is 0.150 e. The largest absolute Gasteiger partial charge is 0.389 e. The molecule has 2 N–H and O–H groups in total. The van der Waals surface area contributed by atoms with Crippen molar-refractivity contribution in [2.45, 2.75) is 56.4 Å². The minimum Gasteiger partial charge on any atom is -0.389 e. The molecule has 0 aromatic rings. The molecule has 1 aliphatic rings. The highest BCUT2D eigenvalue weighted by Crippen LogP contribution is 2.24. The van der Waals surface area contributed by atoms with E-state index >= 15 is 0 Å². The van der Waals surface area contributed by atoms with E-state index in [1.54, 1.807) is 13.8 Å². The topological polar surface area (TPSA) is 66.4 Å². The van der Waals surface area contributed by atoms with Crippen molar-refractivity contribution in [3.8, 4) is 0 Å². The highest BCUT2D eigenvalue weighted by molar-refractivity contribution is 7.91. The molecule has 0 aromatic heterocycles. The quantitative estimate of drug-likeness (QED) is 0.770. The fraction of sp³-hybridized carbons (Fsp3) is 1.00. The highest BCUT2D eigenvalue weighted by Gasteiger charge is 2.29. The number of hydrogen-bond donors (Lipinski definition) is 2. The molecule has 0 amide bonds. The fourth-order valence-electron chi connectivity index (χ4n) is 2.11. The summed E-state index contributed by atoms with van der Waals surface area (Å²) in [5.74, 6) is 0. The van der Waals surface area contributed by atoms with Gasteiger partial charge in [0, 0.05) is 18.8 Å². The monoisotopic (exact) mass is 249 g/mol. The zero-order chi connectivity index (χ0) is 12.4. The van der Waals surface area contributed by atoms with Crippen LogP contribution in [0.15, 0.2) is 0 Å². The molecule has 1 saturated carbocycles. The van der Waals surface area contributed by atoms with Crippen molar-refractivity contribution in [2.24, 2.45) is 0 Å². The average molecular weight is 249 g/mol. The van der Waals surface area contributed by atoms with Crippen LogP contribution < -0.4 is 5.32 Å². The third kappa shape index (κ3) is 4.80. The van der Waals surface area contributed by atoms with E-state index < -0.39 is 15.4 Å². The first-order valence-electron chi connectivity index (χ1n) is 5.83. The minimum atomic E-state index is -2.92. The Morgan fingerprint density at radius 1 is 1.38 bits per heavy atom. The van der Waals surface area contributed by atoms with Crippen molar-refractivity contribution in [3.63, 3.8) is 0 Å². The molecule has 5 heteroatoms. The summed E-state index contributed by atoms with van der Waals surface area (Å²) < 4.78 is 22.9. The average Bonchev–Trinajstić information content (AvgIpc) is 2.13. The fourth-order valence-corrected chi connectivity index (χ4v) is 3.29. The maximum absolute atomic E-state index is 11.5. The van der Waals surface area contributed by atoms with Crippen molar-refractivity contribution in [3.05, 3.63) is 0 Å². The molecule has 2 unspecified atom stereocenters. The smallest absolute Gasteiger partial charge is 0.150 e. The summed E-state index contributed by atoms with van der Waals surface area (Å²) in [7, 11) is -2.92. The Kier molecular flexibility index (Phi) is 4.37. The second kappa shape index (κ2) is 5.02. The Morgan fingerprint density at radius 2 is 2.00 bits per heavy atom. The van der Waals surface area contributed by atoms with Crippen LogP contribution in [0.3, 0.4) is 0 Å². The van der Waals surface area contributed by atoms with Gasteiger partial charge in [0.25, 0.3) is 0 Å². The van der Waals surface area contributed by atoms with Gasteiger partial charge in [0.15, 0.2) is 0 Å². The number of sulfone groups is 1. The molecule has 1 aliphatic carbocycles. The first kappa shape index (κ1) is 13.9. The molecule has 1 rings (SSSR count). The molecule has 0 radical (unpaired) electrons. The molecule has 0 spiro atoms. The Hall–Kier alpha value is -0.130. The lowest BCUT2D eigenvalue weighted by molar-refractivity contribution is 0.0746. The van der Waals surface area contributed by atoms with E-state index in [1.165, 1.54) is 6.26 Å². The van der Waals surface area contributed by atoms with Crippen LogP contribution in [0.4, 0.5) is 0 Å². The summed E-state index contributed by atoms with van der Waals surface area (Å²) in [4.78, 5) is 0. The number of hydrogen-bond acceptors (Lipinski definition) is 4. The third-order valence-corrected chi connectivity index (χ3v) is 4.69. The van der Waals surface area contributed by atoms with E-state index in [-0.39, 0.29) is 11.3 Å². The van der Waals surface area contributed by atoms with Gasteiger partial charge in [0.1, 0.15) is 9.84 Å². The van der Waals surface area contributed by atoms with Crippen molar-refractivity contribution in [1.82, 2.24) is 5.32 Å². The van der Waals surface area contributed by atoms with Crippen molar-refractivity contribution in [1.29, 1.82) is 0 Å². The van der Waals surface area contributed by atoms with Crippen LogP contribution in [-0.2, 0) is 9.84 Å².